The number of aromatic nitrogens is 4. The van der Waals surface area contributed by atoms with Crippen LogP contribution in [-0.4, -0.2) is 61.6 Å². The summed E-state index contributed by atoms with van der Waals surface area (Å²) in [4.78, 5) is 37.2. The quantitative estimate of drug-likeness (QED) is 0.411. The molecule has 1 aliphatic rings. The van der Waals surface area contributed by atoms with Crippen LogP contribution in [0.5, 0.6) is 0 Å². The fourth-order valence-electron chi connectivity index (χ4n) is 4.66. The van der Waals surface area contributed by atoms with Crippen molar-refractivity contribution in [1.82, 2.24) is 24.6 Å². The molecule has 1 aliphatic heterocycles. The Kier molecular flexibility index (Phi) is 6.59. The van der Waals surface area contributed by atoms with E-state index < -0.39 is 0 Å². The molecule has 0 spiro atoms. The number of hydrogen-bond acceptors (Lipinski definition) is 8. The highest BCUT2D eigenvalue weighted by Crippen LogP contribution is 2.23. The van der Waals surface area contributed by atoms with Gasteiger partial charge in [-0.05, 0) is 56.3 Å². The summed E-state index contributed by atoms with van der Waals surface area (Å²) in [6.07, 6.45) is 4.85. The Balaban J connectivity index is 1.24. The first-order valence-electron chi connectivity index (χ1n) is 12.0. The number of piperazine rings is 1. The molecule has 190 valence electrons. The predicted octanol–water partition coefficient (Wildman–Crippen LogP) is 3.70. The lowest BCUT2D eigenvalue weighted by atomic mass is 10.1. The fraction of sp³-hybridized carbons (Fsp3) is 0.269. The van der Waals surface area contributed by atoms with Gasteiger partial charge >= 0.3 is 0 Å². The van der Waals surface area contributed by atoms with Crippen LogP contribution >= 0.6 is 0 Å². The zero-order valence-electron chi connectivity index (χ0n) is 20.8. The Labute approximate surface area is 214 Å². The minimum Gasteiger partial charge on any atom is -0.459 e. The summed E-state index contributed by atoms with van der Waals surface area (Å²) in [5.41, 5.74) is 2.24. The van der Waals surface area contributed by atoms with E-state index in [1.165, 1.54) is 6.26 Å². The molecule has 0 bridgehead atoms. The van der Waals surface area contributed by atoms with E-state index in [2.05, 4.69) is 44.4 Å². The average Bonchev–Trinajstić information content (AvgIpc) is 3.57. The van der Waals surface area contributed by atoms with Gasteiger partial charge in [0.25, 0.3) is 5.91 Å². The van der Waals surface area contributed by atoms with Gasteiger partial charge in [-0.2, -0.15) is 4.98 Å². The molecule has 0 saturated carbocycles. The van der Waals surface area contributed by atoms with E-state index >= 15 is 0 Å². The molecule has 0 unspecified atom stereocenters. The maximum Gasteiger partial charge on any atom is 0.291 e. The van der Waals surface area contributed by atoms with Crippen molar-refractivity contribution in [3.8, 4) is 5.69 Å². The molecular formula is C26H28N8O3. The lowest BCUT2D eigenvalue weighted by molar-refractivity contribution is -0.133. The Bertz CT molecular complexity index is 1370. The summed E-state index contributed by atoms with van der Waals surface area (Å²) in [5.74, 6) is 1.29. The van der Waals surface area contributed by atoms with Gasteiger partial charge in [0.2, 0.25) is 11.9 Å². The second-order valence-electron chi connectivity index (χ2n) is 9.05. The van der Waals surface area contributed by atoms with Gasteiger partial charge in [0.15, 0.2) is 5.76 Å². The van der Waals surface area contributed by atoms with E-state index in [1.54, 1.807) is 48.4 Å². The molecule has 5 rings (SSSR count). The molecule has 11 heteroatoms. The van der Waals surface area contributed by atoms with Gasteiger partial charge in [0.1, 0.15) is 12.1 Å². The predicted molar refractivity (Wildman–Crippen MR) is 139 cm³/mol. The zero-order chi connectivity index (χ0) is 25.9. The SMILES string of the molecule is CC(=O)N1[C@H](C)CN(c2cc(-n3cnc(Nc4ccc(NC(=O)c5ccco5)cc4)n3)ccn2)C[C@@H]1C. The maximum atomic E-state index is 12.1. The van der Waals surface area contributed by atoms with Crippen molar-refractivity contribution in [3.63, 3.8) is 0 Å². The number of rotatable bonds is 6. The van der Waals surface area contributed by atoms with Crippen LogP contribution < -0.4 is 15.5 Å². The average molecular weight is 501 g/mol. The van der Waals surface area contributed by atoms with Crippen molar-refractivity contribution >= 4 is 35.0 Å². The number of nitrogens with one attached hydrogen (secondary N) is 2. The topological polar surface area (TPSA) is 121 Å². The third-order valence-electron chi connectivity index (χ3n) is 6.24. The van der Waals surface area contributed by atoms with Gasteiger partial charge in [0, 0.05) is 55.7 Å². The molecule has 0 aliphatic carbocycles. The Morgan fingerprint density at radius 2 is 1.73 bits per heavy atom. The van der Waals surface area contributed by atoms with Crippen molar-refractivity contribution in [2.45, 2.75) is 32.9 Å². The van der Waals surface area contributed by atoms with Gasteiger partial charge in [-0.1, -0.05) is 0 Å². The summed E-state index contributed by atoms with van der Waals surface area (Å²) in [6.45, 7) is 7.16. The molecule has 0 radical (unpaired) electrons. The summed E-state index contributed by atoms with van der Waals surface area (Å²) in [7, 11) is 0. The minimum absolute atomic E-state index is 0.0947. The highest BCUT2D eigenvalue weighted by molar-refractivity contribution is 6.02. The number of carbonyl (C=O) groups excluding carboxylic acids is 2. The molecule has 2 atom stereocenters. The van der Waals surface area contributed by atoms with Crippen LogP contribution in [0.1, 0.15) is 31.3 Å². The molecule has 2 amide bonds. The first-order valence-corrected chi connectivity index (χ1v) is 12.0. The van der Waals surface area contributed by atoms with Crippen LogP contribution in [0.3, 0.4) is 0 Å². The summed E-state index contributed by atoms with van der Waals surface area (Å²) in [6, 6.07) is 14.5. The van der Waals surface area contributed by atoms with Crippen LogP contribution in [0.25, 0.3) is 5.69 Å². The smallest absolute Gasteiger partial charge is 0.291 e. The van der Waals surface area contributed by atoms with Gasteiger partial charge in [-0.15, -0.1) is 5.10 Å². The number of carbonyl (C=O) groups is 2. The third-order valence-corrected chi connectivity index (χ3v) is 6.24. The maximum absolute atomic E-state index is 12.1. The summed E-state index contributed by atoms with van der Waals surface area (Å²) < 4.78 is 6.79. The molecular weight excluding hydrogens is 472 g/mol. The van der Waals surface area contributed by atoms with Crippen molar-refractivity contribution in [2.75, 3.05) is 28.6 Å². The van der Waals surface area contributed by atoms with Crippen molar-refractivity contribution in [1.29, 1.82) is 0 Å². The second kappa shape index (κ2) is 10.1. The molecule has 1 fully saturated rings. The molecule has 3 aromatic heterocycles. The highest BCUT2D eigenvalue weighted by Gasteiger charge is 2.31. The lowest BCUT2D eigenvalue weighted by Crippen LogP contribution is -2.58. The number of furan rings is 1. The summed E-state index contributed by atoms with van der Waals surface area (Å²) >= 11 is 0. The van der Waals surface area contributed by atoms with Crippen LogP contribution in [0, 0.1) is 0 Å². The highest BCUT2D eigenvalue weighted by atomic mass is 16.3. The standard InChI is InChI=1S/C26H28N8O3/c1-17-14-32(15-18(2)34(17)19(3)35)24-13-22(10-11-27-24)33-16-28-26(31-33)30-21-8-6-20(7-9-21)29-25(36)23-5-4-12-37-23/h4-13,16-18H,14-15H2,1-3H3,(H,29,36)(H,30,31)/t17-,18+. The molecule has 1 saturated heterocycles. The summed E-state index contributed by atoms with van der Waals surface area (Å²) in [5, 5.41) is 10.5. The number of benzene rings is 1. The molecule has 4 heterocycles. The number of hydrogen-bond donors (Lipinski definition) is 2. The van der Waals surface area contributed by atoms with E-state index in [0.717, 1.165) is 17.2 Å². The van der Waals surface area contributed by atoms with Gasteiger partial charge in [-0.3, -0.25) is 9.59 Å². The Morgan fingerprint density at radius 3 is 2.41 bits per heavy atom. The van der Waals surface area contributed by atoms with Crippen molar-refractivity contribution in [3.05, 3.63) is 73.1 Å². The first-order chi connectivity index (χ1) is 17.9. The number of pyridine rings is 1. The normalized spacial score (nSPS) is 17.5. The van der Waals surface area contributed by atoms with Crippen molar-refractivity contribution < 1.29 is 14.0 Å². The Hall–Kier alpha value is -4.67. The molecule has 4 aromatic rings. The fourth-order valence-corrected chi connectivity index (χ4v) is 4.66. The van der Waals surface area contributed by atoms with E-state index in [0.29, 0.717) is 24.7 Å². The van der Waals surface area contributed by atoms with Gasteiger partial charge in [-0.25, -0.2) is 9.67 Å². The molecule has 37 heavy (non-hydrogen) atoms. The van der Waals surface area contributed by atoms with E-state index in [4.69, 9.17) is 4.42 Å². The van der Waals surface area contributed by atoms with E-state index in [1.807, 2.05) is 29.2 Å². The number of nitrogens with zero attached hydrogens (tertiary/aromatic N) is 6. The van der Waals surface area contributed by atoms with Gasteiger partial charge < -0.3 is 24.9 Å². The van der Waals surface area contributed by atoms with E-state index in [-0.39, 0.29) is 29.7 Å². The third kappa shape index (κ3) is 5.30. The molecule has 2 N–H and O–H groups in total. The molecule has 11 nitrogen and oxygen atoms in total. The number of anilines is 4. The first kappa shape index (κ1) is 24.0. The Morgan fingerprint density at radius 1 is 1.00 bits per heavy atom. The second-order valence-corrected chi connectivity index (χ2v) is 9.05. The van der Waals surface area contributed by atoms with Crippen LogP contribution in [0.4, 0.5) is 23.1 Å². The van der Waals surface area contributed by atoms with E-state index in [9.17, 15) is 9.59 Å². The largest absolute Gasteiger partial charge is 0.459 e. The van der Waals surface area contributed by atoms with Crippen LogP contribution in [0.15, 0.2) is 71.7 Å². The van der Waals surface area contributed by atoms with Gasteiger partial charge in [0.05, 0.1) is 12.0 Å². The number of amides is 2. The monoisotopic (exact) mass is 500 g/mol. The lowest BCUT2D eigenvalue weighted by Gasteiger charge is -2.44. The molecule has 1 aromatic carbocycles. The zero-order valence-corrected chi connectivity index (χ0v) is 20.8. The van der Waals surface area contributed by atoms with Crippen LogP contribution in [0.2, 0.25) is 0 Å². The van der Waals surface area contributed by atoms with Crippen LogP contribution in [-0.2, 0) is 4.79 Å². The van der Waals surface area contributed by atoms with Crippen molar-refractivity contribution in [2.24, 2.45) is 0 Å². The minimum atomic E-state index is -0.313.